The standard InChI is InChI=1S/C12H9ClF3NO3/c1-2-5-19-11(12(14,15)16)8-6-7(13)3-4-9(8)17-10(18)20-11/h2-4,6H,1,5H2,(H,17,18)/t11-/m0/s1. The summed E-state index contributed by atoms with van der Waals surface area (Å²) in [6, 6.07) is 3.63. The molecular weight excluding hydrogens is 299 g/mol. The summed E-state index contributed by atoms with van der Waals surface area (Å²) >= 11 is 5.71. The second-order valence-electron chi connectivity index (χ2n) is 3.92. The summed E-state index contributed by atoms with van der Waals surface area (Å²) in [7, 11) is 0. The van der Waals surface area contributed by atoms with Crippen LogP contribution in [0.1, 0.15) is 5.56 Å². The van der Waals surface area contributed by atoms with Crippen LogP contribution in [0, 0.1) is 0 Å². The molecule has 0 radical (unpaired) electrons. The van der Waals surface area contributed by atoms with Crippen molar-refractivity contribution in [1.82, 2.24) is 0 Å². The summed E-state index contributed by atoms with van der Waals surface area (Å²) in [5.74, 6) is -3.20. The number of nitrogens with one attached hydrogen (secondary N) is 1. The zero-order valence-electron chi connectivity index (χ0n) is 9.96. The molecule has 1 aliphatic rings. The quantitative estimate of drug-likeness (QED) is 0.864. The van der Waals surface area contributed by atoms with Crippen molar-refractivity contribution in [2.75, 3.05) is 11.9 Å². The van der Waals surface area contributed by atoms with Gasteiger partial charge in [0, 0.05) is 5.02 Å². The highest BCUT2D eigenvalue weighted by Gasteiger charge is 2.64. The van der Waals surface area contributed by atoms with E-state index < -0.39 is 30.2 Å². The average Bonchev–Trinajstić information content (AvgIpc) is 2.35. The first-order valence-electron chi connectivity index (χ1n) is 5.42. The van der Waals surface area contributed by atoms with Crippen LogP contribution in [0.3, 0.4) is 0 Å². The molecule has 108 valence electrons. The number of cyclic esters (lactones) is 1. The maximum atomic E-state index is 13.4. The van der Waals surface area contributed by atoms with E-state index in [0.717, 1.165) is 12.1 Å². The smallest absolute Gasteiger partial charge is 0.402 e. The Morgan fingerprint density at radius 1 is 1.50 bits per heavy atom. The summed E-state index contributed by atoms with van der Waals surface area (Å²) < 4.78 is 49.4. The lowest BCUT2D eigenvalue weighted by Gasteiger charge is -2.38. The second kappa shape index (κ2) is 4.99. The maximum absolute atomic E-state index is 13.4. The number of carbonyl (C=O) groups is 1. The van der Waals surface area contributed by atoms with Gasteiger partial charge in [0.25, 0.3) is 0 Å². The number of halogens is 4. The van der Waals surface area contributed by atoms with Crippen LogP contribution in [0.5, 0.6) is 0 Å². The Morgan fingerprint density at radius 2 is 2.20 bits per heavy atom. The minimum Gasteiger partial charge on any atom is -0.402 e. The molecule has 1 aromatic carbocycles. The van der Waals surface area contributed by atoms with Crippen LogP contribution in [0.25, 0.3) is 0 Å². The van der Waals surface area contributed by atoms with E-state index in [2.05, 4.69) is 16.6 Å². The highest BCUT2D eigenvalue weighted by atomic mass is 35.5. The van der Waals surface area contributed by atoms with Gasteiger partial charge in [-0.15, -0.1) is 6.58 Å². The maximum Gasteiger partial charge on any atom is 0.460 e. The van der Waals surface area contributed by atoms with Crippen molar-refractivity contribution in [1.29, 1.82) is 0 Å². The molecule has 1 heterocycles. The monoisotopic (exact) mass is 307 g/mol. The molecule has 8 heteroatoms. The molecule has 20 heavy (non-hydrogen) atoms. The van der Waals surface area contributed by atoms with Crippen molar-refractivity contribution in [2.45, 2.75) is 12.0 Å². The number of hydrogen-bond donors (Lipinski definition) is 1. The van der Waals surface area contributed by atoms with Gasteiger partial charge in [-0.2, -0.15) is 13.2 Å². The number of hydrogen-bond acceptors (Lipinski definition) is 3. The van der Waals surface area contributed by atoms with Crippen molar-refractivity contribution in [3.8, 4) is 0 Å². The molecular formula is C12H9ClF3NO3. The first kappa shape index (κ1) is 14.7. The zero-order chi connectivity index (χ0) is 15.0. The Balaban J connectivity index is 2.64. The van der Waals surface area contributed by atoms with Gasteiger partial charge in [0.2, 0.25) is 0 Å². The fourth-order valence-corrected chi connectivity index (χ4v) is 1.97. The number of fused-ring (bicyclic) bond motifs is 1. The Morgan fingerprint density at radius 3 is 2.80 bits per heavy atom. The lowest BCUT2D eigenvalue weighted by Crippen LogP contribution is -2.52. The number of rotatable bonds is 3. The van der Waals surface area contributed by atoms with Crippen molar-refractivity contribution < 1.29 is 27.4 Å². The van der Waals surface area contributed by atoms with Crippen LogP contribution in [-0.4, -0.2) is 18.9 Å². The highest BCUT2D eigenvalue weighted by Crippen LogP contribution is 2.48. The van der Waals surface area contributed by atoms with Gasteiger partial charge < -0.3 is 9.47 Å². The van der Waals surface area contributed by atoms with Gasteiger partial charge in [0.1, 0.15) is 0 Å². The molecule has 0 saturated carbocycles. The molecule has 0 bridgehead atoms. The fraction of sp³-hybridized carbons (Fsp3) is 0.250. The van der Waals surface area contributed by atoms with Crippen LogP contribution in [-0.2, 0) is 15.3 Å². The van der Waals surface area contributed by atoms with Crippen molar-refractivity contribution in [3.63, 3.8) is 0 Å². The first-order valence-corrected chi connectivity index (χ1v) is 5.79. The number of carbonyl (C=O) groups excluding carboxylic acids is 1. The fourth-order valence-electron chi connectivity index (χ4n) is 1.79. The van der Waals surface area contributed by atoms with Gasteiger partial charge in [0.05, 0.1) is 17.9 Å². The van der Waals surface area contributed by atoms with Crippen LogP contribution in [0.15, 0.2) is 30.9 Å². The Labute approximate surface area is 117 Å². The Hall–Kier alpha value is -1.73. The first-order chi connectivity index (χ1) is 9.30. The van der Waals surface area contributed by atoms with Crippen molar-refractivity contribution in [3.05, 3.63) is 41.4 Å². The van der Waals surface area contributed by atoms with Crippen LogP contribution in [0.2, 0.25) is 5.02 Å². The minimum absolute atomic E-state index is 0.0549. The summed E-state index contributed by atoms with van der Waals surface area (Å²) in [4.78, 5) is 11.4. The topological polar surface area (TPSA) is 47.6 Å². The molecule has 1 aliphatic heterocycles. The summed E-state index contributed by atoms with van der Waals surface area (Å²) in [5.41, 5.74) is -0.494. The molecule has 0 saturated heterocycles. The van der Waals surface area contributed by atoms with E-state index in [4.69, 9.17) is 16.3 Å². The third-order valence-electron chi connectivity index (χ3n) is 2.59. The molecule has 0 aliphatic carbocycles. The molecule has 1 amide bonds. The Kier molecular flexibility index (Phi) is 3.66. The van der Waals surface area contributed by atoms with E-state index in [0.29, 0.717) is 0 Å². The zero-order valence-corrected chi connectivity index (χ0v) is 10.7. The summed E-state index contributed by atoms with van der Waals surface area (Å²) in [6.07, 6.45) is -5.12. The molecule has 0 aromatic heterocycles. The lowest BCUT2D eigenvalue weighted by molar-refractivity contribution is -0.368. The summed E-state index contributed by atoms with van der Waals surface area (Å²) in [5, 5.41) is 2.22. The molecule has 0 unspecified atom stereocenters. The van der Waals surface area contributed by atoms with Gasteiger partial charge in [0.15, 0.2) is 0 Å². The largest absolute Gasteiger partial charge is 0.460 e. The number of amides is 1. The van der Waals surface area contributed by atoms with Gasteiger partial charge in [-0.3, -0.25) is 5.32 Å². The predicted molar refractivity (Wildman–Crippen MR) is 65.4 cm³/mol. The molecule has 0 fully saturated rings. The van der Waals surface area contributed by atoms with E-state index >= 15 is 0 Å². The van der Waals surface area contributed by atoms with E-state index in [1.54, 1.807) is 0 Å². The molecule has 0 spiro atoms. The number of benzene rings is 1. The summed E-state index contributed by atoms with van der Waals surface area (Å²) in [6.45, 7) is 2.82. The van der Waals surface area contributed by atoms with Crippen LogP contribution < -0.4 is 5.32 Å². The van der Waals surface area contributed by atoms with Crippen LogP contribution in [0.4, 0.5) is 23.7 Å². The second-order valence-corrected chi connectivity index (χ2v) is 4.35. The molecule has 2 rings (SSSR count). The van der Waals surface area contributed by atoms with Crippen molar-refractivity contribution in [2.24, 2.45) is 0 Å². The average molecular weight is 308 g/mol. The number of alkyl halides is 3. The van der Waals surface area contributed by atoms with E-state index in [1.807, 2.05) is 0 Å². The Bertz CT molecular complexity index is 561. The van der Waals surface area contributed by atoms with Gasteiger partial charge in [-0.05, 0) is 18.2 Å². The third-order valence-corrected chi connectivity index (χ3v) is 2.82. The van der Waals surface area contributed by atoms with Crippen molar-refractivity contribution >= 4 is 23.4 Å². The van der Waals surface area contributed by atoms with Crippen LogP contribution >= 0.6 is 11.6 Å². The minimum atomic E-state index is -4.98. The lowest BCUT2D eigenvalue weighted by atomic mass is 10.0. The molecule has 4 nitrogen and oxygen atoms in total. The number of anilines is 1. The normalized spacial score (nSPS) is 21.7. The molecule has 1 N–H and O–H groups in total. The van der Waals surface area contributed by atoms with E-state index in [9.17, 15) is 18.0 Å². The number of ether oxygens (including phenoxy) is 2. The van der Waals surface area contributed by atoms with E-state index in [-0.39, 0.29) is 10.7 Å². The third kappa shape index (κ3) is 2.34. The molecule has 1 atom stereocenters. The predicted octanol–water partition coefficient (Wildman–Crippen LogP) is 3.82. The van der Waals surface area contributed by atoms with Gasteiger partial charge in [-0.1, -0.05) is 17.7 Å². The SMILES string of the molecule is C=CCO[C@]1(C(F)(F)F)OC(=O)Nc2ccc(Cl)cc21. The van der Waals surface area contributed by atoms with E-state index in [1.165, 1.54) is 12.1 Å². The molecule has 1 aromatic rings. The van der Waals surface area contributed by atoms with Gasteiger partial charge in [-0.25, -0.2) is 4.79 Å². The van der Waals surface area contributed by atoms with Gasteiger partial charge >= 0.3 is 18.1 Å². The highest BCUT2D eigenvalue weighted by molar-refractivity contribution is 6.30.